The fourth-order valence-corrected chi connectivity index (χ4v) is 7.90. The minimum Gasteiger partial charge on any atom is -0.458 e. The van der Waals surface area contributed by atoms with Crippen molar-refractivity contribution >= 4 is 11.8 Å². The predicted octanol–water partition coefficient (Wildman–Crippen LogP) is 2.98. The van der Waals surface area contributed by atoms with Gasteiger partial charge < -0.3 is 25.2 Å². The maximum atomic E-state index is 13.0. The number of ether oxygens (including phenoxy) is 1. The predicted molar refractivity (Wildman–Crippen MR) is 130 cm³/mol. The summed E-state index contributed by atoms with van der Waals surface area (Å²) in [6, 6.07) is 0. The molecule has 0 aromatic rings. The molecular formula is C28H42O7. The zero-order chi connectivity index (χ0) is 26.2. The third-order valence-electron chi connectivity index (χ3n) is 10.7. The molecule has 196 valence electrons. The molecule has 0 heterocycles. The molecular weight excluding hydrogens is 448 g/mol. The van der Waals surface area contributed by atoms with Crippen LogP contribution in [-0.2, 0) is 14.3 Å². The molecule has 3 saturated carbocycles. The number of aliphatic hydroxyl groups excluding tert-OH is 1. The summed E-state index contributed by atoms with van der Waals surface area (Å²) in [5, 5.41) is 46.7. The first kappa shape index (κ1) is 26.5. The molecule has 35 heavy (non-hydrogen) atoms. The largest absolute Gasteiger partial charge is 0.458 e. The molecule has 0 amide bonds. The van der Waals surface area contributed by atoms with Crippen molar-refractivity contribution in [3.05, 3.63) is 23.3 Å². The van der Waals surface area contributed by atoms with E-state index < -0.39 is 57.5 Å². The fraction of sp³-hybridized carbons (Fsp3) is 0.786. The van der Waals surface area contributed by atoms with Crippen LogP contribution >= 0.6 is 0 Å². The third kappa shape index (κ3) is 3.38. The van der Waals surface area contributed by atoms with Crippen LogP contribution in [0.4, 0.5) is 0 Å². The van der Waals surface area contributed by atoms with Gasteiger partial charge in [-0.15, -0.1) is 0 Å². The molecule has 4 rings (SSSR count). The molecule has 7 heteroatoms. The van der Waals surface area contributed by atoms with Gasteiger partial charge in [-0.3, -0.25) is 4.79 Å². The Hall–Kier alpha value is -1.54. The monoisotopic (exact) mass is 490 g/mol. The lowest BCUT2D eigenvalue weighted by atomic mass is 9.42. The van der Waals surface area contributed by atoms with E-state index in [1.165, 1.54) is 13.0 Å². The Morgan fingerprint density at radius 3 is 2.37 bits per heavy atom. The summed E-state index contributed by atoms with van der Waals surface area (Å²) < 4.78 is 6.01. The number of carbonyl (C=O) groups excluding carboxylic acids is 2. The summed E-state index contributed by atoms with van der Waals surface area (Å²) in [6.45, 7) is 10.7. The molecule has 7 nitrogen and oxygen atoms in total. The van der Waals surface area contributed by atoms with Crippen LogP contribution in [0.15, 0.2) is 23.3 Å². The topological polar surface area (TPSA) is 124 Å². The highest BCUT2D eigenvalue weighted by Gasteiger charge is 2.81. The average Bonchev–Trinajstić information content (AvgIpc) is 3.00. The number of carbonyl (C=O) groups is 2. The van der Waals surface area contributed by atoms with E-state index in [9.17, 15) is 30.0 Å². The first-order valence-corrected chi connectivity index (χ1v) is 13.0. The van der Waals surface area contributed by atoms with Crippen LogP contribution < -0.4 is 0 Å². The molecule has 0 radical (unpaired) electrons. The van der Waals surface area contributed by atoms with Crippen LogP contribution in [0.5, 0.6) is 0 Å². The number of Topliss-reactive ketones (excluding diaryl/α,β-unsaturated/α-hetero) is 1. The lowest BCUT2D eigenvalue weighted by Crippen LogP contribution is -2.78. The maximum Gasteiger partial charge on any atom is 0.330 e. The van der Waals surface area contributed by atoms with Gasteiger partial charge in [-0.25, -0.2) is 4.79 Å². The van der Waals surface area contributed by atoms with Crippen molar-refractivity contribution < 1.29 is 34.8 Å². The smallest absolute Gasteiger partial charge is 0.330 e. The van der Waals surface area contributed by atoms with Gasteiger partial charge in [-0.2, -0.15) is 0 Å². The van der Waals surface area contributed by atoms with Crippen molar-refractivity contribution in [3.8, 4) is 0 Å². The van der Waals surface area contributed by atoms with Gasteiger partial charge in [0.15, 0.2) is 5.78 Å². The standard InChI is InChI=1S/C28H42O7/c1-16(2)17(3)13-23(31)35-22-15-21-24(5)9-8-20(30)14-19(24)7-10-27(21,33)28(34)12-11-26(32,18(4)29)25(22,28)6/h7,13,16,20-22,30,32-34H,8-12,14-15H2,1-6H3/b17-13+/t20-,21+,22+,24-,25+,26+,27-,28+/m1/s1. The van der Waals surface area contributed by atoms with E-state index in [-0.39, 0.29) is 31.6 Å². The van der Waals surface area contributed by atoms with Gasteiger partial charge in [-0.05, 0) is 77.0 Å². The van der Waals surface area contributed by atoms with E-state index >= 15 is 0 Å². The number of rotatable bonds is 4. The molecule has 3 fully saturated rings. The Kier molecular flexibility index (Phi) is 6.24. The third-order valence-corrected chi connectivity index (χ3v) is 10.7. The fourth-order valence-electron chi connectivity index (χ4n) is 7.90. The van der Waals surface area contributed by atoms with Gasteiger partial charge in [-0.1, -0.05) is 38.0 Å². The second kappa shape index (κ2) is 8.23. The Labute approximate surface area is 208 Å². The molecule has 0 aromatic carbocycles. The summed E-state index contributed by atoms with van der Waals surface area (Å²) in [5.74, 6) is -1.41. The lowest BCUT2D eigenvalue weighted by Gasteiger charge is -2.67. The van der Waals surface area contributed by atoms with Crippen LogP contribution in [0.25, 0.3) is 0 Å². The molecule has 0 saturated heterocycles. The average molecular weight is 491 g/mol. The first-order valence-electron chi connectivity index (χ1n) is 13.0. The van der Waals surface area contributed by atoms with E-state index in [0.29, 0.717) is 19.3 Å². The maximum absolute atomic E-state index is 13.0. The van der Waals surface area contributed by atoms with Gasteiger partial charge in [0.05, 0.1) is 11.5 Å². The highest BCUT2D eigenvalue weighted by molar-refractivity contribution is 5.87. The summed E-state index contributed by atoms with van der Waals surface area (Å²) >= 11 is 0. The minimum absolute atomic E-state index is 0.0172. The van der Waals surface area contributed by atoms with E-state index in [1.54, 1.807) is 6.92 Å². The second-order valence-corrected chi connectivity index (χ2v) is 12.4. The minimum atomic E-state index is -1.95. The Bertz CT molecular complexity index is 984. The van der Waals surface area contributed by atoms with Crippen LogP contribution in [0, 0.1) is 22.7 Å². The summed E-state index contributed by atoms with van der Waals surface area (Å²) in [7, 11) is 0. The highest BCUT2D eigenvalue weighted by Crippen LogP contribution is 2.70. The molecule has 4 N–H and O–H groups in total. The van der Waals surface area contributed by atoms with Crippen molar-refractivity contribution in [1.29, 1.82) is 0 Å². The van der Waals surface area contributed by atoms with Crippen molar-refractivity contribution in [1.82, 2.24) is 0 Å². The van der Waals surface area contributed by atoms with E-state index in [0.717, 1.165) is 11.1 Å². The number of hydrogen-bond donors (Lipinski definition) is 4. The van der Waals surface area contributed by atoms with Crippen molar-refractivity contribution in [2.45, 2.75) is 115 Å². The number of aliphatic hydroxyl groups is 4. The Morgan fingerprint density at radius 1 is 1.11 bits per heavy atom. The van der Waals surface area contributed by atoms with Crippen molar-refractivity contribution in [2.24, 2.45) is 22.7 Å². The van der Waals surface area contributed by atoms with Crippen LogP contribution in [0.2, 0.25) is 0 Å². The van der Waals surface area contributed by atoms with Crippen molar-refractivity contribution in [2.75, 3.05) is 0 Å². The van der Waals surface area contributed by atoms with E-state index in [2.05, 4.69) is 6.92 Å². The molecule has 0 unspecified atom stereocenters. The van der Waals surface area contributed by atoms with Gasteiger partial charge in [0.25, 0.3) is 0 Å². The number of hydrogen-bond acceptors (Lipinski definition) is 7. The Morgan fingerprint density at radius 2 is 1.77 bits per heavy atom. The highest BCUT2D eigenvalue weighted by atomic mass is 16.5. The van der Waals surface area contributed by atoms with Crippen LogP contribution in [0.1, 0.15) is 86.5 Å². The van der Waals surface area contributed by atoms with E-state index in [4.69, 9.17) is 4.74 Å². The SMILES string of the molecule is CC(=O)[C@@]1(O)CC[C@]2(O)[C@@]1(C)[C@@H](OC(=O)/C=C(\C)C(C)C)C[C@@H]1[C@]2(O)CC=C2C[C@H](O)CC[C@]21C. The summed E-state index contributed by atoms with van der Waals surface area (Å²) in [6.07, 6.45) is 4.01. The normalized spacial score (nSPS) is 47.5. The molecule has 0 bridgehead atoms. The van der Waals surface area contributed by atoms with Gasteiger partial charge in [0, 0.05) is 12.0 Å². The van der Waals surface area contributed by atoms with E-state index in [1.807, 2.05) is 26.8 Å². The number of esters is 1. The molecule has 0 spiro atoms. The molecule has 4 aliphatic carbocycles. The molecule has 4 aliphatic rings. The number of allylic oxidation sites excluding steroid dienone is 1. The molecule has 8 atom stereocenters. The van der Waals surface area contributed by atoms with Crippen LogP contribution in [0.3, 0.4) is 0 Å². The lowest BCUT2D eigenvalue weighted by molar-refractivity contribution is -0.314. The van der Waals surface area contributed by atoms with Gasteiger partial charge >= 0.3 is 5.97 Å². The first-order chi connectivity index (χ1) is 16.1. The molecule has 0 aliphatic heterocycles. The summed E-state index contributed by atoms with van der Waals surface area (Å²) in [5.41, 5.74) is -5.62. The zero-order valence-corrected chi connectivity index (χ0v) is 21.9. The quantitative estimate of drug-likeness (QED) is 0.271. The zero-order valence-electron chi connectivity index (χ0n) is 21.9. The molecule has 0 aromatic heterocycles. The van der Waals surface area contributed by atoms with Crippen molar-refractivity contribution in [3.63, 3.8) is 0 Å². The second-order valence-electron chi connectivity index (χ2n) is 12.4. The van der Waals surface area contributed by atoms with Crippen LogP contribution in [-0.4, -0.2) is 61.2 Å². The number of fused-ring (bicyclic) bond motifs is 5. The van der Waals surface area contributed by atoms with Gasteiger partial charge in [0.1, 0.15) is 22.9 Å². The number of ketones is 1. The summed E-state index contributed by atoms with van der Waals surface area (Å²) in [4.78, 5) is 25.9. The van der Waals surface area contributed by atoms with Gasteiger partial charge in [0.2, 0.25) is 0 Å². The Balaban J connectivity index is 1.85.